The van der Waals surface area contributed by atoms with Crippen molar-refractivity contribution in [1.29, 1.82) is 0 Å². The minimum Gasteiger partial charge on any atom is -0.481 e. The SMILES string of the molecule is CC(=O)NC1CCN(C(=O)N(C)C2COCC2C(=O)O)C1. The van der Waals surface area contributed by atoms with Gasteiger partial charge in [0, 0.05) is 33.1 Å². The molecule has 2 aliphatic rings. The molecule has 3 unspecified atom stereocenters. The Hall–Kier alpha value is -1.83. The lowest BCUT2D eigenvalue weighted by Crippen LogP contribution is -2.50. The summed E-state index contributed by atoms with van der Waals surface area (Å²) in [5.41, 5.74) is 0. The zero-order valence-electron chi connectivity index (χ0n) is 12.2. The number of hydrogen-bond acceptors (Lipinski definition) is 4. The summed E-state index contributed by atoms with van der Waals surface area (Å²) in [6.45, 7) is 2.83. The van der Waals surface area contributed by atoms with Gasteiger partial charge in [-0.1, -0.05) is 0 Å². The van der Waals surface area contributed by atoms with E-state index in [0.29, 0.717) is 19.5 Å². The van der Waals surface area contributed by atoms with Crippen LogP contribution >= 0.6 is 0 Å². The Morgan fingerprint density at radius 1 is 1.33 bits per heavy atom. The van der Waals surface area contributed by atoms with Gasteiger partial charge in [0.1, 0.15) is 5.92 Å². The second kappa shape index (κ2) is 6.30. The first kappa shape index (κ1) is 15.6. The fourth-order valence-electron chi connectivity index (χ4n) is 2.86. The predicted octanol–water partition coefficient (Wildman–Crippen LogP) is -0.652. The molecule has 0 radical (unpaired) electrons. The van der Waals surface area contributed by atoms with E-state index in [9.17, 15) is 14.4 Å². The molecule has 2 fully saturated rings. The molecule has 8 heteroatoms. The van der Waals surface area contributed by atoms with Crippen LogP contribution in [0.5, 0.6) is 0 Å². The number of aliphatic carboxylic acids is 1. The highest BCUT2D eigenvalue weighted by Crippen LogP contribution is 2.21. The van der Waals surface area contributed by atoms with Gasteiger partial charge in [0.2, 0.25) is 5.91 Å². The van der Waals surface area contributed by atoms with Crippen molar-refractivity contribution in [2.24, 2.45) is 5.92 Å². The van der Waals surface area contributed by atoms with Crippen molar-refractivity contribution < 1.29 is 24.2 Å². The molecule has 2 saturated heterocycles. The first-order valence-electron chi connectivity index (χ1n) is 6.99. The summed E-state index contributed by atoms with van der Waals surface area (Å²) in [5.74, 6) is -1.75. The summed E-state index contributed by atoms with van der Waals surface area (Å²) >= 11 is 0. The van der Waals surface area contributed by atoms with Crippen molar-refractivity contribution in [2.75, 3.05) is 33.4 Å². The lowest BCUT2D eigenvalue weighted by atomic mass is 10.0. The molecule has 2 aliphatic heterocycles. The average Bonchev–Trinajstić information content (AvgIpc) is 3.04. The molecular formula is C13H21N3O5. The molecule has 2 N–H and O–H groups in total. The van der Waals surface area contributed by atoms with Crippen LogP contribution in [-0.2, 0) is 14.3 Å². The largest absolute Gasteiger partial charge is 0.481 e. The van der Waals surface area contributed by atoms with E-state index in [1.165, 1.54) is 11.8 Å². The number of carboxylic acid groups (broad SMARTS) is 1. The van der Waals surface area contributed by atoms with Gasteiger partial charge in [-0.2, -0.15) is 0 Å². The summed E-state index contributed by atoms with van der Waals surface area (Å²) in [6.07, 6.45) is 0.711. The number of carbonyl (C=O) groups is 3. The monoisotopic (exact) mass is 299 g/mol. The van der Waals surface area contributed by atoms with E-state index >= 15 is 0 Å². The molecule has 21 heavy (non-hydrogen) atoms. The summed E-state index contributed by atoms with van der Waals surface area (Å²) in [5, 5.41) is 11.9. The third-order valence-electron chi connectivity index (χ3n) is 4.03. The molecule has 0 spiro atoms. The Morgan fingerprint density at radius 3 is 2.67 bits per heavy atom. The van der Waals surface area contributed by atoms with Crippen LogP contribution in [0.2, 0.25) is 0 Å². The number of ether oxygens (including phenoxy) is 1. The lowest BCUT2D eigenvalue weighted by molar-refractivity contribution is -0.142. The molecule has 2 heterocycles. The van der Waals surface area contributed by atoms with Crippen molar-refractivity contribution in [3.8, 4) is 0 Å². The Balaban J connectivity index is 1.94. The molecule has 0 aliphatic carbocycles. The maximum atomic E-state index is 12.4. The van der Waals surface area contributed by atoms with E-state index < -0.39 is 17.9 Å². The molecule has 3 atom stereocenters. The van der Waals surface area contributed by atoms with E-state index in [-0.39, 0.29) is 31.2 Å². The van der Waals surface area contributed by atoms with Gasteiger partial charge in [-0.3, -0.25) is 9.59 Å². The Kier molecular flexibility index (Phi) is 4.66. The smallest absolute Gasteiger partial charge is 0.320 e. The summed E-state index contributed by atoms with van der Waals surface area (Å²) in [4.78, 5) is 37.7. The highest BCUT2D eigenvalue weighted by Gasteiger charge is 2.40. The molecular weight excluding hydrogens is 278 g/mol. The van der Waals surface area contributed by atoms with Crippen LogP contribution in [-0.4, -0.2) is 78.2 Å². The fraction of sp³-hybridized carbons (Fsp3) is 0.769. The van der Waals surface area contributed by atoms with Gasteiger partial charge in [-0.05, 0) is 6.42 Å². The number of nitrogens with zero attached hydrogens (tertiary/aromatic N) is 2. The molecule has 0 aromatic carbocycles. The maximum Gasteiger partial charge on any atom is 0.320 e. The predicted molar refractivity (Wildman–Crippen MR) is 72.7 cm³/mol. The first-order chi connectivity index (χ1) is 9.90. The normalized spacial score (nSPS) is 28.5. The average molecular weight is 299 g/mol. The molecule has 0 aromatic heterocycles. The second-order valence-electron chi connectivity index (χ2n) is 5.58. The first-order valence-corrected chi connectivity index (χ1v) is 6.99. The van der Waals surface area contributed by atoms with Gasteiger partial charge in [-0.15, -0.1) is 0 Å². The number of carbonyl (C=O) groups excluding carboxylic acids is 2. The van der Waals surface area contributed by atoms with E-state index in [0.717, 1.165) is 0 Å². The van der Waals surface area contributed by atoms with Crippen LogP contribution in [0.3, 0.4) is 0 Å². The topological polar surface area (TPSA) is 99.2 Å². The molecule has 3 amide bonds. The number of urea groups is 1. The number of amides is 3. The fourth-order valence-corrected chi connectivity index (χ4v) is 2.86. The van der Waals surface area contributed by atoms with Crippen molar-refractivity contribution in [1.82, 2.24) is 15.1 Å². The second-order valence-corrected chi connectivity index (χ2v) is 5.58. The van der Waals surface area contributed by atoms with Crippen LogP contribution in [0.25, 0.3) is 0 Å². The number of carboxylic acids is 1. The van der Waals surface area contributed by atoms with Gasteiger partial charge in [0.05, 0.1) is 19.3 Å². The van der Waals surface area contributed by atoms with E-state index in [4.69, 9.17) is 9.84 Å². The third-order valence-corrected chi connectivity index (χ3v) is 4.03. The highest BCUT2D eigenvalue weighted by molar-refractivity contribution is 5.78. The van der Waals surface area contributed by atoms with Crippen LogP contribution < -0.4 is 5.32 Å². The number of likely N-dealkylation sites (N-methyl/N-ethyl adjacent to an activating group) is 1. The Labute approximate surface area is 123 Å². The number of rotatable bonds is 3. The van der Waals surface area contributed by atoms with Crippen LogP contribution in [0, 0.1) is 5.92 Å². The van der Waals surface area contributed by atoms with E-state index in [2.05, 4.69) is 5.32 Å². The zero-order valence-corrected chi connectivity index (χ0v) is 12.2. The van der Waals surface area contributed by atoms with Gasteiger partial charge in [0.15, 0.2) is 0 Å². The minimum atomic E-state index is -0.949. The van der Waals surface area contributed by atoms with Gasteiger partial charge in [0.25, 0.3) is 0 Å². The van der Waals surface area contributed by atoms with E-state index in [1.807, 2.05) is 0 Å². The van der Waals surface area contributed by atoms with Crippen molar-refractivity contribution in [3.05, 3.63) is 0 Å². The van der Waals surface area contributed by atoms with Crippen molar-refractivity contribution in [3.63, 3.8) is 0 Å². The Bertz CT molecular complexity index is 442. The molecule has 2 rings (SSSR count). The standard InChI is InChI=1S/C13H21N3O5/c1-8(17)14-9-3-4-16(5-9)13(20)15(2)11-7-21-6-10(11)12(18)19/h9-11H,3-7H2,1-2H3,(H,14,17)(H,18,19). The number of likely N-dealkylation sites (tertiary alicyclic amines) is 1. The lowest BCUT2D eigenvalue weighted by Gasteiger charge is -2.30. The molecule has 118 valence electrons. The van der Waals surface area contributed by atoms with Gasteiger partial charge >= 0.3 is 12.0 Å². The summed E-state index contributed by atoms with van der Waals surface area (Å²) < 4.78 is 5.19. The summed E-state index contributed by atoms with van der Waals surface area (Å²) in [6, 6.07) is -0.700. The molecule has 0 aromatic rings. The summed E-state index contributed by atoms with van der Waals surface area (Å²) in [7, 11) is 1.60. The van der Waals surface area contributed by atoms with Crippen LogP contribution in [0.15, 0.2) is 0 Å². The zero-order chi connectivity index (χ0) is 15.6. The number of hydrogen-bond donors (Lipinski definition) is 2. The Morgan fingerprint density at radius 2 is 2.05 bits per heavy atom. The molecule has 0 bridgehead atoms. The van der Waals surface area contributed by atoms with E-state index in [1.54, 1.807) is 11.9 Å². The van der Waals surface area contributed by atoms with Crippen LogP contribution in [0.4, 0.5) is 4.79 Å². The number of nitrogens with one attached hydrogen (secondary N) is 1. The van der Waals surface area contributed by atoms with Gasteiger partial charge < -0.3 is 25.0 Å². The van der Waals surface area contributed by atoms with Crippen molar-refractivity contribution in [2.45, 2.75) is 25.4 Å². The molecule has 0 saturated carbocycles. The maximum absolute atomic E-state index is 12.4. The highest BCUT2D eigenvalue weighted by atomic mass is 16.5. The third kappa shape index (κ3) is 3.44. The quantitative estimate of drug-likeness (QED) is 0.721. The minimum absolute atomic E-state index is 0.0325. The van der Waals surface area contributed by atoms with Crippen LogP contribution in [0.1, 0.15) is 13.3 Å². The van der Waals surface area contributed by atoms with Gasteiger partial charge in [-0.25, -0.2) is 4.79 Å². The molecule has 8 nitrogen and oxygen atoms in total. The van der Waals surface area contributed by atoms with Crippen molar-refractivity contribution >= 4 is 17.9 Å².